The summed E-state index contributed by atoms with van der Waals surface area (Å²) < 4.78 is 39.6. The summed E-state index contributed by atoms with van der Waals surface area (Å²) in [6.45, 7) is 2.01. The van der Waals surface area contributed by atoms with Crippen molar-refractivity contribution in [3.8, 4) is 0 Å². The predicted molar refractivity (Wildman–Crippen MR) is 118 cm³/mol. The molecular formula is C21H17Cl2F3N6O. The number of hydrogen-bond donors (Lipinski definition) is 2. The van der Waals surface area contributed by atoms with Crippen molar-refractivity contribution in [2.75, 3.05) is 11.1 Å². The van der Waals surface area contributed by atoms with Crippen LogP contribution in [-0.2, 0) is 19.3 Å². The van der Waals surface area contributed by atoms with E-state index in [0.717, 1.165) is 12.1 Å². The van der Waals surface area contributed by atoms with Crippen molar-refractivity contribution in [3.63, 3.8) is 0 Å². The Morgan fingerprint density at radius 1 is 1.15 bits per heavy atom. The Morgan fingerprint density at radius 3 is 2.61 bits per heavy atom. The van der Waals surface area contributed by atoms with E-state index in [9.17, 15) is 18.0 Å². The molecule has 4 rings (SSSR count). The van der Waals surface area contributed by atoms with Crippen molar-refractivity contribution >= 4 is 40.6 Å². The number of carbonyl (C=O) groups is 1. The molecule has 0 radical (unpaired) electrons. The zero-order valence-electron chi connectivity index (χ0n) is 17.1. The SMILES string of the molecule is C[C@@H](Nc1nc(Cl)nc2c1CN(C(=O)c1cccc(Cl)n1)C2)c1cc(N)cc(C(F)(F)F)c1. The van der Waals surface area contributed by atoms with Crippen LogP contribution in [0.2, 0.25) is 10.4 Å². The molecular weight excluding hydrogens is 480 g/mol. The number of nitrogens with two attached hydrogens (primary N) is 1. The third-order valence-corrected chi connectivity index (χ3v) is 5.51. The van der Waals surface area contributed by atoms with Gasteiger partial charge in [-0.05, 0) is 54.4 Å². The van der Waals surface area contributed by atoms with Gasteiger partial charge in [0.25, 0.3) is 5.91 Å². The highest BCUT2D eigenvalue weighted by Gasteiger charge is 2.32. The molecule has 7 nitrogen and oxygen atoms in total. The number of rotatable bonds is 4. The van der Waals surface area contributed by atoms with Crippen LogP contribution in [0.1, 0.15) is 45.8 Å². The summed E-state index contributed by atoms with van der Waals surface area (Å²) in [5.74, 6) is -0.0286. The summed E-state index contributed by atoms with van der Waals surface area (Å²) in [4.78, 5) is 26.8. The van der Waals surface area contributed by atoms with Crippen molar-refractivity contribution in [3.05, 3.63) is 74.9 Å². The molecule has 0 aliphatic carbocycles. The second-order valence-corrected chi connectivity index (χ2v) is 8.25. The number of fused-ring (bicyclic) bond motifs is 1. The number of amides is 1. The summed E-state index contributed by atoms with van der Waals surface area (Å²) in [6, 6.07) is 7.50. The maximum atomic E-state index is 13.2. The third kappa shape index (κ3) is 4.96. The molecule has 2 aromatic heterocycles. The van der Waals surface area contributed by atoms with Crippen LogP contribution in [0.25, 0.3) is 0 Å². The Hall–Kier alpha value is -3.11. The van der Waals surface area contributed by atoms with Crippen molar-refractivity contribution in [2.24, 2.45) is 0 Å². The van der Waals surface area contributed by atoms with Gasteiger partial charge < -0.3 is 16.0 Å². The molecule has 172 valence electrons. The van der Waals surface area contributed by atoms with Gasteiger partial charge in [0.1, 0.15) is 16.7 Å². The summed E-state index contributed by atoms with van der Waals surface area (Å²) in [6.07, 6.45) is -4.53. The number of halogens is 5. The van der Waals surface area contributed by atoms with Crippen molar-refractivity contribution < 1.29 is 18.0 Å². The lowest BCUT2D eigenvalue weighted by atomic mass is 10.0. The monoisotopic (exact) mass is 496 g/mol. The third-order valence-electron chi connectivity index (χ3n) is 5.13. The van der Waals surface area contributed by atoms with E-state index in [2.05, 4.69) is 20.3 Å². The first-order valence-corrected chi connectivity index (χ1v) is 10.5. The van der Waals surface area contributed by atoms with Gasteiger partial charge in [-0.25, -0.2) is 15.0 Å². The van der Waals surface area contributed by atoms with E-state index in [1.807, 2.05) is 0 Å². The number of carbonyl (C=O) groups excluding carboxylic acids is 1. The largest absolute Gasteiger partial charge is 0.416 e. The quantitative estimate of drug-likeness (QED) is 0.296. The first kappa shape index (κ1) is 23.1. The smallest absolute Gasteiger partial charge is 0.399 e. The summed E-state index contributed by atoms with van der Waals surface area (Å²) >= 11 is 12.0. The molecule has 0 bridgehead atoms. The van der Waals surface area contributed by atoms with Gasteiger partial charge in [-0.15, -0.1) is 0 Å². The molecule has 33 heavy (non-hydrogen) atoms. The number of benzene rings is 1. The zero-order chi connectivity index (χ0) is 23.9. The van der Waals surface area contributed by atoms with E-state index < -0.39 is 17.8 Å². The molecule has 1 aliphatic heterocycles. The Balaban J connectivity index is 1.60. The first-order chi connectivity index (χ1) is 15.5. The fraction of sp³-hybridized carbons (Fsp3) is 0.238. The van der Waals surface area contributed by atoms with Gasteiger partial charge in [-0.1, -0.05) is 17.7 Å². The van der Waals surface area contributed by atoms with Crippen LogP contribution < -0.4 is 11.1 Å². The van der Waals surface area contributed by atoms with E-state index in [1.54, 1.807) is 25.1 Å². The molecule has 3 N–H and O–H groups in total. The number of alkyl halides is 3. The molecule has 1 atom stereocenters. The highest BCUT2D eigenvalue weighted by molar-refractivity contribution is 6.29. The lowest BCUT2D eigenvalue weighted by Crippen LogP contribution is -2.26. The zero-order valence-corrected chi connectivity index (χ0v) is 18.6. The minimum atomic E-state index is -4.53. The van der Waals surface area contributed by atoms with Crippen LogP contribution in [0.5, 0.6) is 0 Å². The van der Waals surface area contributed by atoms with E-state index in [0.29, 0.717) is 22.6 Å². The Bertz CT molecular complexity index is 1240. The average molecular weight is 497 g/mol. The van der Waals surface area contributed by atoms with Crippen molar-refractivity contribution in [1.82, 2.24) is 19.9 Å². The van der Waals surface area contributed by atoms with E-state index in [4.69, 9.17) is 28.9 Å². The second-order valence-electron chi connectivity index (χ2n) is 7.53. The summed E-state index contributed by atoms with van der Waals surface area (Å²) in [5.41, 5.74) is 6.47. The molecule has 3 aromatic rings. The van der Waals surface area contributed by atoms with Gasteiger partial charge in [0.2, 0.25) is 5.28 Å². The minimum Gasteiger partial charge on any atom is -0.399 e. The topological polar surface area (TPSA) is 97.0 Å². The van der Waals surface area contributed by atoms with Crippen molar-refractivity contribution in [1.29, 1.82) is 0 Å². The maximum absolute atomic E-state index is 13.2. The van der Waals surface area contributed by atoms with E-state index in [1.165, 1.54) is 11.0 Å². The summed E-state index contributed by atoms with van der Waals surface area (Å²) in [7, 11) is 0. The van der Waals surface area contributed by atoms with Gasteiger partial charge in [0.15, 0.2) is 0 Å². The van der Waals surface area contributed by atoms with Crippen LogP contribution in [-0.4, -0.2) is 25.8 Å². The summed E-state index contributed by atoms with van der Waals surface area (Å²) in [5, 5.41) is 3.22. The molecule has 3 heterocycles. The van der Waals surface area contributed by atoms with Gasteiger partial charge in [-0.2, -0.15) is 13.2 Å². The van der Waals surface area contributed by atoms with Crippen LogP contribution >= 0.6 is 23.2 Å². The molecule has 12 heteroatoms. The molecule has 1 aromatic carbocycles. The first-order valence-electron chi connectivity index (χ1n) is 9.72. The number of nitrogens with one attached hydrogen (secondary N) is 1. The molecule has 0 saturated carbocycles. The lowest BCUT2D eigenvalue weighted by molar-refractivity contribution is -0.137. The standard InChI is InChI=1S/C21H17Cl2F3N6O/c1-10(11-5-12(21(24,25)26)7-13(27)6-11)28-18-14-8-32(9-16(14)30-20(23)31-18)19(33)15-3-2-4-17(22)29-15/h2-7,10H,8-9,27H2,1H3,(H,28,30,31)/t10-/m1/s1. The minimum absolute atomic E-state index is 0.00906. The molecule has 0 spiro atoms. The molecule has 0 unspecified atom stereocenters. The highest BCUT2D eigenvalue weighted by atomic mass is 35.5. The number of nitrogen functional groups attached to an aromatic ring is 1. The fourth-order valence-corrected chi connectivity index (χ4v) is 3.91. The average Bonchev–Trinajstić information content (AvgIpc) is 3.16. The molecule has 0 saturated heterocycles. The number of pyridine rings is 1. The Morgan fingerprint density at radius 2 is 1.91 bits per heavy atom. The predicted octanol–water partition coefficient (Wildman–Crippen LogP) is 5.11. The Kier molecular flexibility index (Phi) is 6.06. The number of hydrogen-bond acceptors (Lipinski definition) is 6. The van der Waals surface area contributed by atoms with Crippen LogP contribution in [0.3, 0.4) is 0 Å². The van der Waals surface area contributed by atoms with Crippen LogP contribution in [0.15, 0.2) is 36.4 Å². The van der Waals surface area contributed by atoms with Gasteiger partial charge in [0, 0.05) is 11.3 Å². The number of aromatic nitrogens is 3. The Labute approximate surface area is 196 Å². The van der Waals surface area contributed by atoms with Crippen LogP contribution in [0, 0.1) is 0 Å². The number of anilines is 2. The van der Waals surface area contributed by atoms with Crippen molar-refractivity contribution in [2.45, 2.75) is 32.2 Å². The number of nitrogens with zero attached hydrogens (tertiary/aromatic N) is 4. The molecule has 1 aliphatic rings. The molecule has 1 amide bonds. The fourth-order valence-electron chi connectivity index (χ4n) is 3.56. The molecule has 0 fully saturated rings. The van der Waals surface area contributed by atoms with Gasteiger partial charge >= 0.3 is 6.18 Å². The maximum Gasteiger partial charge on any atom is 0.416 e. The second kappa shape index (κ2) is 8.68. The van der Waals surface area contributed by atoms with Crippen LogP contribution in [0.4, 0.5) is 24.7 Å². The lowest BCUT2D eigenvalue weighted by Gasteiger charge is -2.19. The normalized spacial score (nSPS) is 14.2. The van der Waals surface area contributed by atoms with Gasteiger partial charge in [-0.3, -0.25) is 4.79 Å². The highest BCUT2D eigenvalue weighted by Crippen LogP contribution is 2.35. The van der Waals surface area contributed by atoms with E-state index in [-0.39, 0.29) is 40.8 Å². The van der Waals surface area contributed by atoms with Gasteiger partial charge in [0.05, 0.1) is 30.4 Å². The van der Waals surface area contributed by atoms with E-state index >= 15 is 0 Å².